The van der Waals surface area contributed by atoms with Gasteiger partial charge in [-0.05, 0) is 32.9 Å². The van der Waals surface area contributed by atoms with Gasteiger partial charge in [-0.15, -0.1) is 0 Å². The van der Waals surface area contributed by atoms with E-state index in [9.17, 15) is 14.0 Å². The molecule has 2 rings (SSSR count). The van der Waals surface area contributed by atoms with Gasteiger partial charge in [-0.2, -0.15) is 0 Å². The molecule has 0 saturated carbocycles. The van der Waals surface area contributed by atoms with Crippen molar-refractivity contribution in [1.82, 2.24) is 5.32 Å². The molecular formula is C18H21ClFNO4. The summed E-state index contributed by atoms with van der Waals surface area (Å²) in [7, 11) is 0. The van der Waals surface area contributed by atoms with E-state index in [1.807, 2.05) is 13.8 Å². The zero-order chi connectivity index (χ0) is 18.6. The van der Waals surface area contributed by atoms with Gasteiger partial charge in [-0.25, -0.2) is 9.18 Å². The summed E-state index contributed by atoms with van der Waals surface area (Å²) in [4.78, 5) is 24.4. The zero-order valence-corrected chi connectivity index (χ0v) is 15.2. The highest BCUT2D eigenvalue weighted by Crippen LogP contribution is 2.38. The Balaban J connectivity index is 2.27. The Bertz CT molecular complexity index is 682. The van der Waals surface area contributed by atoms with Gasteiger partial charge in [0.05, 0.1) is 18.3 Å². The maximum absolute atomic E-state index is 14.3. The number of halogens is 2. The van der Waals surface area contributed by atoms with Crippen LogP contribution < -0.4 is 5.32 Å². The molecule has 7 heteroatoms. The molecule has 0 spiro atoms. The largest absolute Gasteiger partial charge is 0.460 e. The van der Waals surface area contributed by atoms with Crippen LogP contribution in [0.1, 0.15) is 38.7 Å². The molecule has 1 aromatic carbocycles. The second kappa shape index (κ2) is 8.45. The van der Waals surface area contributed by atoms with Crippen molar-refractivity contribution >= 4 is 23.5 Å². The third-order valence-corrected chi connectivity index (χ3v) is 4.13. The van der Waals surface area contributed by atoms with Crippen LogP contribution in [0.4, 0.5) is 4.39 Å². The average Bonchev–Trinajstić information content (AvgIpc) is 2.50. The van der Waals surface area contributed by atoms with Crippen LogP contribution in [0.15, 0.2) is 29.5 Å². The summed E-state index contributed by atoms with van der Waals surface area (Å²) < 4.78 is 24.9. The molecule has 1 aliphatic heterocycles. The molecule has 0 aliphatic carbocycles. The monoisotopic (exact) mass is 369 g/mol. The topological polar surface area (TPSA) is 64.6 Å². The van der Waals surface area contributed by atoms with Gasteiger partial charge in [-0.1, -0.05) is 17.7 Å². The number of amides is 1. The fourth-order valence-electron chi connectivity index (χ4n) is 2.76. The molecule has 25 heavy (non-hydrogen) atoms. The first-order valence-electron chi connectivity index (χ1n) is 8.04. The van der Waals surface area contributed by atoms with Crippen LogP contribution in [0.5, 0.6) is 0 Å². The normalized spacial score (nSPS) is 17.7. The number of carbonyl (C=O) groups excluding carboxylic acids is 2. The lowest BCUT2D eigenvalue weighted by atomic mass is 9.84. The number of hydrogen-bond donors (Lipinski definition) is 1. The van der Waals surface area contributed by atoms with Crippen LogP contribution in [0.25, 0.3) is 0 Å². The van der Waals surface area contributed by atoms with E-state index in [1.54, 1.807) is 6.92 Å². The van der Waals surface area contributed by atoms with Gasteiger partial charge in [0.25, 0.3) is 0 Å². The predicted octanol–water partition coefficient (Wildman–Crippen LogP) is 3.32. The third kappa shape index (κ3) is 4.80. The molecule has 0 unspecified atom stereocenters. The minimum absolute atomic E-state index is 0.0265. The van der Waals surface area contributed by atoms with E-state index < -0.39 is 17.7 Å². The van der Waals surface area contributed by atoms with E-state index in [1.165, 1.54) is 18.2 Å². The molecule has 0 bridgehead atoms. The maximum Gasteiger partial charge on any atom is 0.336 e. The number of hydrogen-bond acceptors (Lipinski definition) is 4. The molecule has 0 fully saturated rings. The quantitative estimate of drug-likeness (QED) is 0.617. The molecule has 1 aromatic rings. The van der Waals surface area contributed by atoms with Crippen molar-refractivity contribution in [2.24, 2.45) is 0 Å². The van der Waals surface area contributed by atoms with Gasteiger partial charge < -0.3 is 14.8 Å². The second-order valence-electron chi connectivity index (χ2n) is 6.03. The van der Waals surface area contributed by atoms with Crippen molar-refractivity contribution in [3.05, 3.63) is 45.9 Å². The Kier molecular flexibility index (Phi) is 6.56. The first-order chi connectivity index (χ1) is 11.8. The summed E-state index contributed by atoms with van der Waals surface area (Å²) in [6.07, 6.45) is -0.0520. The molecule has 0 saturated heterocycles. The summed E-state index contributed by atoms with van der Waals surface area (Å²) in [5, 5.41) is 2.77. The Hall–Kier alpha value is -1.92. The number of benzene rings is 1. The molecule has 1 N–H and O–H groups in total. The molecule has 0 radical (unpaired) electrons. The SMILES string of the molecule is CC1=C(C(=O)OCCOC(C)C)[C@@H](c2c(F)cccc2Cl)CC(=O)N1. The summed E-state index contributed by atoms with van der Waals surface area (Å²) in [5.74, 6) is -2.27. The van der Waals surface area contributed by atoms with Crippen LogP contribution in [0.2, 0.25) is 5.02 Å². The standard InChI is InChI=1S/C18H21ClFNO4/c1-10(2)24-7-8-25-18(23)16-11(3)21-15(22)9-12(16)17-13(19)5-4-6-14(17)20/h4-6,10,12H,7-9H2,1-3H3,(H,21,22)/t12-/m0/s1. The number of rotatable bonds is 6. The van der Waals surface area contributed by atoms with Crippen LogP contribution in [0, 0.1) is 5.82 Å². The molecule has 5 nitrogen and oxygen atoms in total. The minimum Gasteiger partial charge on any atom is -0.460 e. The fraction of sp³-hybridized carbons (Fsp3) is 0.444. The molecule has 1 atom stereocenters. The van der Waals surface area contributed by atoms with Gasteiger partial charge in [0.15, 0.2) is 0 Å². The summed E-state index contributed by atoms with van der Waals surface area (Å²) >= 11 is 6.12. The minimum atomic E-state index is -0.791. The molecule has 136 valence electrons. The van der Waals surface area contributed by atoms with Crippen molar-refractivity contribution in [3.63, 3.8) is 0 Å². The Morgan fingerprint density at radius 2 is 2.12 bits per heavy atom. The Morgan fingerprint density at radius 1 is 1.40 bits per heavy atom. The Labute approximate surface area is 151 Å². The summed E-state index contributed by atoms with van der Waals surface area (Å²) in [5.41, 5.74) is 0.676. The van der Waals surface area contributed by atoms with Gasteiger partial charge in [0, 0.05) is 28.6 Å². The molecule has 1 heterocycles. The van der Waals surface area contributed by atoms with E-state index in [0.29, 0.717) is 5.70 Å². The molecule has 1 aliphatic rings. The number of allylic oxidation sites excluding steroid dienone is 1. The number of nitrogens with one attached hydrogen (secondary N) is 1. The van der Waals surface area contributed by atoms with E-state index in [-0.39, 0.29) is 47.8 Å². The van der Waals surface area contributed by atoms with Crippen molar-refractivity contribution < 1.29 is 23.5 Å². The molecule has 0 aromatic heterocycles. The van der Waals surface area contributed by atoms with Gasteiger partial charge in [0.1, 0.15) is 12.4 Å². The predicted molar refractivity (Wildman–Crippen MR) is 91.7 cm³/mol. The van der Waals surface area contributed by atoms with Crippen LogP contribution >= 0.6 is 11.6 Å². The summed E-state index contributed by atoms with van der Waals surface area (Å²) in [6.45, 7) is 5.66. The fourth-order valence-corrected chi connectivity index (χ4v) is 3.05. The smallest absolute Gasteiger partial charge is 0.336 e. The van der Waals surface area contributed by atoms with E-state index in [4.69, 9.17) is 21.1 Å². The van der Waals surface area contributed by atoms with Gasteiger partial charge in [0.2, 0.25) is 5.91 Å². The van der Waals surface area contributed by atoms with Gasteiger partial charge >= 0.3 is 5.97 Å². The highest BCUT2D eigenvalue weighted by molar-refractivity contribution is 6.31. The van der Waals surface area contributed by atoms with Crippen molar-refractivity contribution in [1.29, 1.82) is 0 Å². The lowest BCUT2D eigenvalue weighted by Crippen LogP contribution is -2.34. The second-order valence-corrected chi connectivity index (χ2v) is 6.44. The average molecular weight is 370 g/mol. The van der Waals surface area contributed by atoms with Crippen LogP contribution in [-0.4, -0.2) is 31.2 Å². The molecular weight excluding hydrogens is 349 g/mol. The number of ether oxygens (including phenoxy) is 2. The van der Waals surface area contributed by atoms with Crippen molar-refractivity contribution in [2.45, 2.75) is 39.2 Å². The maximum atomic E-state index is 14.3. The van der Waals surface area contributed by atoms with Crippen molar-refractivity contribution in [3.8, 4) is 0 Å². The van der Waals surface area contributed by atoms with Gasteiger partial charge in [-0.3, -0.25) is 4.79 Å². The number of esters is 1. The number of carbonyl (C=O) groups is 2. The highest BCUT2D eigenvalue weighted by atomic mass is 35.5. The first kappa shape index (κ1) is 19.4. The van der Waals surface area contributed by atoms with E-state index in [2.05, 4.69) is 5.32 Å². The van der Waals surface area contributed by atoms with E-state index >= 15 is 0 Å². The van der Waals surface area contributed by atoms with Crippen LogP contribution in [-0.2, 0) is 19.1 Å². The van der Waals surface area contributed by atoms with E-state index in [0.717, 1.165) is 0 Å². The van der Waals surface area contributed by atoms with Crippen molar-refractivity contribution in [2.75, 3.05) is 13.2 Å². The van der Waals surface area contributed by atoms with Crippen LogP contribution in [0.3, 0.4) is 0 Å². The lowest BCUT2D eigenvalue weighted by Gasteiger charge is -2.27. The Morgan fingerprint density at radius 3 is 2.76 bits per heavy atom. The summed E-state index contributed by atoms with van der Waals surface area (Å²) in [6, 6.07) is 4.26. The first-order valence-corrected chi connectivity index (χ1v) is 8.42. The highest BCUT2D eigenvalue weighted by Gasteiger charge is 2.35. The third-order valence-electron chi connectivity index (χ3n) is 3.80. The zero-order valence-electron chi connectivity index (χ0n) is 14.4. The molecule has 1 amide bonds. The lowest BCUT2D eigenvalue weighted by molar-refractivity contribution is -0.141.